The van der Waals surface area contributed by atoms with Gasteiger partial charge in [0, 0.05) is 29.8 Å². The number of ether oxygens (including phenoxy) is 1. The summed E-state index contributed by atoms with van der Waals surface area (Å²) in [5.74, 6) is -0.124. The maximum absolute atomic E-state index is 12.5. The quantitative estimate of drug-likeness (QED) is 0.555. The van der Waals surface area contributed by atoms with Gasteiger partial charge >= 0.3 is 0 Å². The molecule has 9 heteroatoms. The van der Waals surface area contributed by atoms with Gasteiger partial charge in [-0.15, -0.1) is 0 Å². The highest BCUT2D eigenvalue weighted by Gasteiger charge is 2.16. The lowest BCUT2D eigenvalue weighted by atomic mass is 10.2. The van der Waals surface area contributed by atoms with Crippen molar-refractivity contribution in [2.75, 3.05) is 12.4 Å². The molecule has 134 valence electrons. The van der Waals surface area contributed by atoms with Crippen molar-refractivity contribution in [1.82, 2.24) is 14.8 Å². The van der Waals surface area contributed by atoms with E-state index in [4.69, 9.17) is 4.74 Å². The van der Waals surface area contributed by atoms with Gasteiger partial charge in [0.2, 0.25) is 0 Å². The summed E-state index contributed by atoms with van der Waals surface area (Å²) >= 11 is 0. The Morgan fingerprint density at radius 2 is 2.08 bits per heavy atom. The minimum absolute atomic E-state index is 0.145. The number of nitrogens with zero attached hydrogens (tertiary/aromatic N) is 4. The zero-order chi connectivity index (χ0) is 18.8. The number of hydrogen-bond acceptors (Lipinski definition) is 6. The van der Waals surface area contributed by atoms with Crippen molar-refractivity contribution in [1.29, 1.82) is 0 Å². The number of non-ortho nitro benzene ring substituents is 1. The van der Waals surface area contributed by atoms with Crippen LogP contribution in [0, 0.1) is 10.1 Å². The number of hydrogen-bond donors (Lipinski definition) is 1. The van der Waals surface area contributed by atoms with Crippen LogP contribution >= 0.6 is 0 Å². The molecule has 2 aromatic heterocycles. The molecular weight excluding hydrogens is 338 g/mol. The lowest BCUT2D eigenvalue weighted by Crippen LogP contribution is -2.13. The molecule has 0 saturated carbocycles. The number of anilines is 1. The van der Waals surface area contributed by atoms with E-state index >= 15 is 0 Å². The Morgan fingerprint density at radius 1 is 1.31 bits per heavy atom. The Kier molecular flexibility index (Phi) is 4.53. The number of nitro groups is 1. The second-order valence-corrected chi connectivity index (χ2v) is 5.92. The summed E-state index contributed by atoms with van der Waals surface area (Å²) < 4.78 is 6.91. The van der Waals surface area contributed by atoms with Gasteiger partial charge in [0.05, 0.1) is 29.5 Å². The van der Waals surface area contributed by atoms with Crippen LogP contribution in [0.4, 0.5) is 11.4 Å². The molecule has 3 rings (SSSR count). The van der Waals surface area contributed by atoms with Crippen molar-refractivity contribution in [2.24, 2.45) is 0 Å². The number of carbonyl (C=O) groups is 1. The molecule has 0 unspecified atom stereocenters. The molecule has 0 bridgehead atoms. The largest absolute Gasteiger partial charge is 0.495 e. The van der Waals surface area contributed by atoms with E-state index in [0.717, 1.165) is 5.39 Å². The predicted octanol–water partition coefficient (Wildman–Crippen LogP) is 3.18. The Morgan fingerprint density at radius 3 is 2.73 bits per heavy atom. The SMILES string of the molecule is COc1ccc([N+](=O)[O-])cc1NC(=O)c1cnc2c(cnn2C(C)C)c1. The molecule has 0 aliphatic carbocycles. The van der Waals surface area contributed by atoms with E-state index in [1.165, 1.54) is 31.5 Å². The van der Waals surface area contributed by atoms with Crippen molar-refractivity contribution in [3.05, 3.63) is 52.3 Å². The topological polar surface area (TPSA) is 112 Å². The van der Waals surface area contributed by atoms with Gasteiger partial charge in [0.1, 0.15) is 5.75 Å². The summed E-state index contributed by atoms with van der Waals surface area (Å²) in [4.78, 5) is 27.3. The Bertz CT molecular complexity index is 996. The molecule has 0 atom stereocenters. The van der Waals surface area contributed by atoms with Crippen molar-refractivity contribution >= 4 is 28.3 Å². The smallest absolute Gasteiger partial charge is 0.271 e. The highest BCUT2D eigenvalue weighted by atomic mass is 16.6. The molecule has 0 saturated heterocycles. The minimum atomic E-state index is -0.539. The number of carbonyl (C=O) groups excluding carboxylic acids is 1. The first-order valence-corrected chi connectivity index (χ1v) is 7.87. The molecule has 1 N–H and O–H groups in total. The van der Waals surface area contributed by atoms with Gasteiger partial charge in [-0.25, -0.2) is 9.67 Å². The van der Waals surface area contributed by atoms with Crippen molar-refractivity contribution in [3.8, 4) is 5.75 Å². The molecule has 3 aromatic rings. The Labute approximate surface area is 148 Å². The summed E-state index contributed by atoms with van der Waals surface area (Å²) in [6, 6.07) is 5.81. The van der Waals surface area contributed by atoms with Crippen LogP contribution in [0.1, 0.15) is 30.2 Å². The van der Waals surface area contributed by atoms with E-state index < -0.39 is 10.8 Å². The predicted molar refractivity (Wildman–Crippen MR) is 95.5 cm³/mol. The number of nitro benzene ring substituents is 1. The summed E-state index contributed by atoms with van der Waals surface area (Å²) in [5, 5.41) is 18.6. The molecule has 0 aliphatic rings. The first kappa shape index (κ1) is 17.3. The summed E-state index contributed by atoms with van der Waals surface area (Å²) in [6.07, 6.45) is 3.09. The number of pyridine rings is 1. The third-order valence-electron chi connectivity index (χ3n) is 3.83. The van der Waals surface area contributed by atoms with Gasteiger partial charge in [0.25, 0.3) is 11.6 Å². The number of nitrogens with one attached hydrogen (secondary N) is 1. The van der Waals surface area contributed by atoms with Gasteiger partial charge in [-0.2, -0.15) is 5.10 Å². The molecule has 9 nitrogen and oxygen atoms in total. The van der Waals surface area contributed by atoms with E-state index in [0.29, 0.717) is 17.0 Å². The fourth-order valence-electron chi connectivity index (χ4n) is 2.54. The second kappa shape index (κ2) is 6.79. The van der Waals surface area contributed by atoms with Gasteiger partial charge in [-0.1, -0.05) is 0 Å². The Balaban J connectivity index is 1.92. The molecule has 1 aromatic carbocycles. The van der Waals surface area contributed by atoms with E-state index in [-0.39, 0.29) is 17.4 Å². The van der Waals surface area contributed by atoms with E-state index in [2.05, 4.69) is 15.4 Å². The monoisotopic (exact) mass is 355 g/mol. The third kappa shape index (κ3) is 3.18. The van der Waals surface area contributed by atoms with E-state index in [1.54, 1.807) is 16.9 Å². The molecule has 0 spiro atoms. The van der Waals surface area contributed by atoms with Crippen LogP contribution < -0.4 is 10.1 Å². The van der Waals surface area contributed by atoms with Crippen LogP contribution in [0.25, 0.3) is 11.0 Å². The van der Waals surface area contributed by atoms with Gasteiger partial charge in [-0.3, -0.25) is 14.9 Å². The fraction of sp³-hybridized carbons (Fsp3) is 0.235. The summed E-state index contributed by atoms with van der Waals surface area (Å²) in [5.41, 5.74) is 1.07. The zero-order valence-corrected chi connectivity index (χ0v) is 14.5. The van der Waals surface area contributed by atoms with Gasteiger partial charge in [-0.05, 0) is 26.0 Å². The fourth-order valence-corrected chi connectivity index (χ4v) is 2.54. The maximum atomic E-state index is 12.5. The number of benzene rings is 1. The number of aromatic nitrogens is 3. The first-order valence-electron chi connectivity index (χ1n) is 7.87. The normalized spacial score (nSPS) is 10.9. The molecular formula is C17H17N5O4. The number of fused-ring (bicyclic) bond motifs is 1. The standard InChI is InChI=1S/C17H17N5O4/c1-10(2)21-16-11(9-19-21)6-12(8-18-16)17(23)20-14-7-13(22(24)25)4-5-15(14)26-3/h4-10H,1-3H3,(H,20,23). The third-order valence-corrected chi connectivity index (χ3v) is 3.83. The first-order chi connectivity index (χ1) is 12.4. The highest BCUT2D eigenvalue weighted by molar-refractivity contribution is 6.06. The zero-order valence-electron chi connectivity index (χ0n) is 14.5. The minimum Gasteiger partial charge on any atom is -0.495 e. The average Bonchev–Trinajstić information content (AvgIpc) is 3.04. The van der Waals surface area contributed by atoms with Crippen LogP contribution in [0.3, 0.4) is 0 Å². The van der Waals surface area contributed by atoms with Crippen LogP contribution in [-0.2, 0) is 0 Å². The number of amides is 1. The maximum Gasteiger partial charge on any atom is 0.271 e. The highest BCUT2D eigenvalue weighted by Crippen LogP contribution is 2.29. The molecule has 1 amide bonds. The van der Waals surface area contributed by atoms with E-state index in [9.17, 15) is 14.9 Å². The number of methoxy groups -OCH3 is 1. The summed E-state index contributed by atoms with van der Waals surface area (Å²) in [7, 11) is 1.42. The van der Waals surface area contributed by atoms with Crippen molar-refractivity contribution in [3.63, 3.8) is 0 Å². The number of rotatable bonds is 5. The average molecular weight is 355 g/mol. The summed E-state index contributed by atoms with van der Waals surface area (Å²) in [6.45, 7) is 3.98. The second-order valence-electron chi connectivity index (χ2n) is 5.92. The lowest BCUT2D eigenvalue weighted by molar-refractivity contribution is -0.384. The van der Waals surface area contributed by atoms with Crippen LogP contribution in [0.5, 0.6) is 5.75 Å². The van der Waals surface area contributed by atoms with Crippen molar-refractivity contribution in [2.45, 2.75) is 19.9 Å². The van der Waals surface area contributed by atoms with Crippen molar-refractivity contribution < 1.29 is 14.5 Å². The van der Waals surface area contributed by atoms with Crippen LogP contribution in [-0.4, -0.2) is 32.7 Å². The molecule has 26 heavy (non-hydrogen) atoms. The van der Waals surface area contributed by atoms with Gasteiger partial charge < -0.3 is 10.1 Å². The molecule has 0 fully saturated rings. The van der Waals surface area contributed by atoms with Crippen LogP contribution in [0.2, 0.25) is 0 Å². The molecule has 0 radical (unpaired) electrons. The molecule has 0 aliphatic heterocycles. The van der Waals surface area contributed by atoms with Gasteiger partial charge in [0.15, 0.2) is 5.65 Å². The molecule has 2 heterocycles. The van der Waals surface area contributed by atoms with E-state index in [1.807, 2.05) is 13.8 Å². The Hall–Kier alpha value is -3.49. The van der Waals surface area contributed by atoms with Crippen LogP contribution in [0.15, 0.2) is 36.7 Å². The lowest BCUT2D eigenvalue weighted by Gasteiger charge is -2.10.